The van der Waals surface area contributed by atoms with Crippen LogP contribution in [0.4, 0.5) is 0 Å². The van der Waals surface area contributed by atoms with E-state index in [1.165, 1.54) is 135 Å². The van der Waals surface area contributed by atoms with Crippen molar-refractivity contribution in [2.24, 2.45) is 0 Å². The number of hydrogen-bond acceptors (Lipinski definition) is 8. The first-order valence-electron chi connectivity index (χ1n) is 19.5. The van der Waals surface area contributed by atoms with Crippen molar-refractivity contribution in [2.45, 2.75) is 199 Å². The molecule has 0 saturated carbocycles. The molecule has 9 nitrogen and oxygen atoms in total. The lowest BCUT2D eigenvalue weighted by Crippen LogP contribution is -2.29. The number of carbonyl (C=O) groups excluding carboxylic acids is 1. The van der Waals surface area contributed by atoms with Gasteiger partial charge in [0.2, 0.25) is 0 Å². The third-order valence-corrected chi connectivity index (χ3v) is 9.49. The van der Waals surface area contributed by atoms with Crippen LogP contribution < -0.4 is 0 Å². The second kappa shape index (κ2) is 35.3. The molecule has 0 aromatic carbocycles. The molecule has 0 aliphatic heterocycles. The minimum absolute atomic E-state index is 0.0572. The molecule has 3 atom stereocenters. The van der Waals surface area contributed by atoms with E-state index in [1.54, 1.807) is 0 Å². The van der Waals surface area contributed by atoms with Crippen LogP contribution in [0.1, 0.15) is 187 Å². The molecular formula is C37H75O9P. The normalized spacial score (nSPS) is 14.2. The number of ether oxygens (including phenoxy) is 2. The summed E-state index contributed by atoms with van der Waals surface area (Å²) in [4.78, 5) is 22.4. The van der Waals surface area contributed by atoms with Crippen molar-refractivity contribution in [3.05, 3.63) is 0 Å². The SMILES string of the molecule is CCCCCCCCCCCCCCCCCCCOCC(COP(=O)(O)OCC(O)CO)OC(=O)CCCCCCCCCCC. The van der Waals surface area contributed by atoms with Crippen molar-refractivity contribution in [1.82, 2.24) is 0 Å². The maximum absolute atomic E-state index is 12.5. The fourth-order valence-electron chi connectivity index (χ4n) is 5.53. The zero-order chi connectivity index (χ0) is 34.7. The van der Waals surface area contributed by atoms with Gasteiger partial charge in [-0.25, -0.2) is 4.57 Å². The molecule has 0 aromatic heterocycles. The Morgan fingerprint density at radius 3 is 1.38 bits per heavy atom. The van der Waals surface area contributed by atoms with E-state index in [1.807, 2.05) is 0 Å². The number of phosphoric acid groups is 1. The van der Waals surface area contributed by atoms with Crippen LogP contribution in [0.5, 0.6) is 0 Å². The maximum atomic E-state index is 12.5. The van der Waals surface area contributed by atoms with E-state index >= 15 is 0 Å². The average molecular weight is 695 g/mol. The summed E-state index contributed by atoms with van der Waals surface area (Å²) in [6.45, 7) is 3.53. The van der Waals surface area contributed by atoms with E-state index in [2.05, 4.69) is 13.8 Å². The predicted molar refractivity (Wildman–Crippen MR) is 192 cm³/mol. The van der Waals surface area contributed by atoms with Crippen molar-refractivity contribution in [3.63, 3.8) is 0 Å². The second-order valence-corrected chi connectivity index (χ2v) is 14.8. The summed E-state index contributed by atoms with van der Waals surface area (Å²) in [5.41, 5.74) is 0. The van der Waals surface area contributed by atoms with Crippen molar-refractivity contribution in [1.29, 1.82) is 0 Å². The molecule has 3 unspecified atom stereocenters. The lowest BCUT2D eigenvalue weighted by molar-refractivity contribution is -0.154. The third-order valence-electron chi connectivity index (χ3n) is 8.54. The van der Waals surface area contributed by atoms with Gasteiger partial charge in [-0.2, -0.15) is 0 Å². The van der Waals surface area contributed by atoms with Gasteiger partial charge < -0.3 is 24.6 Å². The van der Waals surface area contributed by atoms with Gasteiger partial charge in [-0.1, -0.05) is 168 Å². The summed E-state index contributed by atoms with van der Waals surface area (Å²) in [5, 5.41) is 18.3. The quantitative estimate of drug-likeness (QED) is 0.0328. The molecule has 0 aliphatic carbocycles. The monoisotopic (exact) mass is 695 g/mol. The third kappa shape index (κ3) is 35.1. The summed E-state index contributed by atoms with van der Waals surface area (Å²) in [5.74, 6) is -0.382. The molecule has 0 aromatic rings. The molecule has 10 heteroatoms. The van der Waals surface area contributed by atoms with Crippen LogP contribution >= 0.6 is 7.82 Å². The fraction of sp³-hybridized carbons (Fsp3) is 0.973. The maximum Gasteiger partial charge on any atom is 0.472 e. The molecule has 0 bridgehead atoms. The highest BCUT2D eigenvalue weighted by Gasteiger charge is 2.26. The molecule has 0 saturated heterocycles. The van der Waals surface area contributed by atoms with E-state index in [-0.39, 0.29) is 25.6 Å². The van der Waals surface area contributed by atoms with Crippen LogP contribution in [0.15, 0.2) is 0 Å². The van der Waals surface area contributed by atoms with Crippen LogP contribution in [0, 0.1) is 0 Å². The number of aliphatic hydroxyl groups is 2. The highest BCUT2D eigenvalue weighted by Crippen LogP contribution is 2.43. The molecule has 0 rings (SSSR count). The second-order valence-electron chi connectivity index (χ2n) is 13.3. The highest BCUT2D eigenvalue weighted by molar-refractivity contribution is 7.47. The summed E-state index contributed by atoms with van der Waals surface area (Å²) < 4.78 is 33.2. The van der Waals surface area contributed by atoms with Gasteiger partial charge in [-0.3, -0.25) is 13.8 Å². The molecule has 0 aliphatic rings. The smallest absolute Gasteiger partial charge is 0.457 e. The number of aliphatic hydroxyl groups excluding tert-OH is 2. The fourth-order valence-corrected chi connectivity index (χ4v) is 6.32. The van der Waals surface area contributed by atoms with Gasteiger partial charge in [-0.15, -0.1) is 0 Å². The van der Waals surface area contributed by atoms with E-state index in [0.717, 1.165) is 32.1 Å². The first-order chi connectivity index (χ1) is 22.8. The van der Waals surface area contributed by atoms with Crippen LogP contribution in [0.25, 0.3) is 0 Å². The zero-order valence-corrected chi connectivity index (χ0v) is 31.4. The van der Waals surface area contributed by atoms with E-state index < -0.39 is 33.2 Å². The number of unbranched alkanes of at least 4 members (excludes halogenated alkanes) is 24. The Morgan fingerprint density at radius 2 is 0.957 bits per heavy atom. The zero-order valence-electron chi connectivity index (χ0n) is 30.5. The summed E-state index contributed by atoms with van der Waals surface area (Å²) in [6.07, 6.45) is 30.7. The molecule has 0 spiro atoms. The Hall–Kier alpha value is -0.540. The van der Waals surface area contributed by atoms with Gasteiger partial charge in [0.15, 0.2) is 0 Å². The number of rotatable bonds is 38. The molecule has 3 N–H and O–H groups in total. The van der Waals surface area contributed by atoms with Gasteiger partial charge >= 0.3 is 13.8 Å². The summed E-state index contributed by atoms with van der Waals surface area (Å²) >= 11 is 0. The average Bonchev–Trinajstić information content (AvgIpc) is 3.06. The van der Waals surface area contributed by atoms with Crippen molar-refractivity contribution >= 4 is 13.8 Å². The van der Waals surface area contributed by atoms with Crippen LogP contribution in [0.2, 0.25) is 0 Å². The standard InChI is InChI=1S/C37H75O9P/c1-3-5-7-9-11-13-14-15-16-17-18-19-20-22-24-26-28-30-43-33-36(34-45-47(41,42)44-32-35(39)31-38)46-37(40)29-27-25-23-21-12-10-8-6-4-2/h35-36,38-39H,3-34H2,1-2H3,(H,41,42). The van der Waals surface area contributed by atoms with Gasteiger partial charge in [-0.05, 0) is 12.8 Å². The van der Waals surface area contributed by atoms with Gasteiger partial charge in [0.1, 0.15) is 12.2 Å². The number of esters is 1. The minimum Gasteiger partial charge on any atom is -0.457 e. The molecule has 47 heavy (non-hydrogen) atoms. The number of hydrogen-bond donors (Lipinski definition) is 3. The lowest BCUT2D eigenvalue weighted by Gasteiger charge is -2.20. The Morgan fingerprint density at radius 1 is 0.574 bits per heavy atom. The number of phosphoric ester groups is 1. The Balaban J connectivity index is 4.10. The molecule has 0 fully saturated rings. The lowest BCUT2D eigenvalue weighted by atomic mass is 10.0. The van der Waals surface area contributed by atoms with Gasteiger partial charge in [0.25, 0.3) is 0 Å². The van der Waals surface area contributed by atoms with Crippen molar-refractivity contribution < 1.29 is 43.0 Å². The first kappa shape index (κ1) is 46.5. The summed E-state index contributed by atoms with van der Waals surface area (Å²) in [6, 6.07) is 0. The number of carbonyl (C=O) groups is 1. The largest absolute Gasteiger partial charge is 0.472 e. The van der Waals surface area contributed by atoms with Crippen molar-refractivity contribution in [3.8, 4) is 0 Å². The molecule has 0 radical (unpaired) electrons. The highest BCUT2D eigenvalue weighted by atomic mass is 31.2. The molecule has 282 valence electrons. The molecule has 0 heterocycles. The van der Waals surface area contributed by atoms with E-state index in [9.17, 15) is 19.4 Å². The Bertz CT molecular complexity index is 709. The predicted octanol–water partition coefficient (Wildman–Crippen LogP) is 9.97. The van der Waals surface area contributed by atoms with Crippen LogP contribution in [-0.2, 0) is 27.9 Å². The van der Waals surface area contributed by atoms with Gasteiger partial charge in [0, 0.05) is 13.0 Å². The van der Waals surface area contributed by atoms with Crippen LogP contribution in [-0.4, -0.2) is 66.3 Å². The molecular weight excluding hydrogens is 619 g/mol. The molecule has 0 amide bonds. The Kier molecular flexibility index (Phi) is 34.9. The van der Waals surface area contributed by atoms with E-state index in [4.69, 9.17) is 23.6 Å². The topological polar surface area (TPSA) is 132 Å². The van der Waals surface area contributed by atoms with Crippen LogP contribution in [0.3, 0.4) is 0 Å². The Labute approximate surface area is 288 Å². The van der Waals surface area contributed by atoms with Gasteiger partial charge in [0.05, 0.1) is 26.4 Å². The minimum atomic E-state index is -4.50. The summed E-state index contributed by atoms with van der Waals surface area (Å²) in [7, 11) is -4.50. The van der Waals surface area contributed by atoms with E-state index in [0.29, 0.717) is 6.61 Å². The first-order valence-corrected chi connectivity index (χ1v) is 21.0. The van der Waals surface area contributed by atoms with Crippen molar-refractivity contribution in [2.75, 3.05) is 33.0 Å².